The summed E-state index contributed by atoms with van der Waals surface area (Å²) in [5, 5.41) is 2.52. The maximum atomic E-state index is 13.0. The summed E-state index contributed by atoms with van der Waals surface area (Å²) in [7, 11) is 3.03. The molecule has 28 heavy (non-hydrogen) atoms. The third kappa shape index (κ3) is 5.72. The Morgan fingerprint density at radius 3 is 2.46 bits per heavy atom. The highest BCUT2D eigenvalue weighted by Crippen LogP contribution is 2.28. The van der Waals surface area contributed by atoms with Crippen LogP contribution in [0.4, 0.5) is 10.1 Å². The van der Waals surface area contributed by atoms with E-state index in [1.165, 1.54) is 39.4 Å². The third-order valence-electron chi connectivity index (χ3n) is 3.67. The van der Waals surface area contributed by atoms with Crippen LogP contribution in [0, 0.1) is 5.82 Å². The number of ether oxygens (including phenoxy) is 3. The zero-order valence-corrected chi connectivity index (χ0v) is 16.2. The lowest BCUT2D eigenvalue weighted by Gasteiger charge is -2.13. The Bertz CT molecular complexity index is 900. The van der Waals surface area contributed by atoms with Gasteiger partial charge in [0.1, 0.15) is 5.82 Å². The normalized spacial score (nSPS) is 11.8. The van der Waals surface area contributed by atoms with Gasteiger partial charge in [-0.25, -0.2) is 9.18 Å². The predicted octanol–water partition coefficient (Wildman–Crippen LogP) is 4.08. The van der Waals surface area contributed by atoms with Crippen LogP contribution in [-0.4, -0.2) is 32.2 Å². The summed E-state index contributed by atoms with van der Waals surface area (Å²) < 4.78 is 28.4. The van der Waals surface area contributed by atoms with E-state index in [1.54, 1.807) is 18.2 Å². The van der Waals surface area contributed by atoms with E-state index >= 15 is 0 Å². The second kappa shape index (κ2) is 9.75. The van der Waals surface area contributed by atoms with Crippen molar-refractivity contribution in [1.82, 2.24) is 0 Å². The lowest BCUT2D eigenvalue weighted by Crippen LogP contribution is -2.29. The van der Waals surface area contributed by atoms with Gasteiger partial charge in [-0.15, -0.1) is 0 Å². The molecule has 0 fully saturated rings. The van der Waals surface area contributed by atoms with Gasteiger partial charge >= 0.3 is 5.97 Å². The monoisotopic (exact) mass is 407 g/mol. The van der Waals surface area contributed by atoms with Gasteiger partial charge in [-0.2, -0.15) is 0 Å². The van der Waals surface area contributed by atoms with Crippen molar-refractivity contribution in [2.24, 2.45) is 0 Å². The Hall–Kier alpha value is -3.06. The van der Waals surface area contributed by atoms with E-state index < -0.39 is 23.8 Å². The fraction of sp³-hybridized carbons (Fsp3) is 0.200. The van der Waals surface area contributed by atoms with Crippen molar-refractivity contribution in [3.8, 4) is 11.5 Å². The summed E-state index contributed by atoms with van der Waals surface area (Å²) in [5.41, 5.74) is 0.904. The summed E-state index contributed by atoms with van der Waals surface area (Å²) in [6, 6.07) is 8.67. The number of methoxy groups -OCH3 is 2. The van der Waals surface area contributed by atoms with Gasteiger partial charge in [-0.1, -0.05) is 17.7 Å². The van der Waals surface area contributed by atoms with Crippen LogP contribution < -0.4 is 14.8 Å². The molecular weight excluding hydrogens is 389 g/mol. The molecule has 2 aromatic rings. The molecule has 0 aromatic heterocycles. The molecule has 0 aliphatic carbocycles. The first-order valence-electron chi connectivity index (χ1n) is 8.20. The summed E-state index contributed by atoms with van der Waals surface area (Å²) in [6.45, 7) is 1.41. The van der Waals surface area contributed by atoms with E-state index in [-0.39, 0.29) is 10.7 Å². The molecule has 0 saturated heterocycles. The predicted molar refractivity (Wildman–Crippen MR) is 104 cm³/mol. The minimum Gasteiger partial charge on any atom is -0.493 e. The Morgan fingerprint density at radius 2 is 1.82 bits per heavy atom. The number of benzene rings is 2. The first-order valence-corrected chi connectivity index (χ1v) is 8.58. The average molecular weight is 408 g/mol. The highest BCUT2D eigenvalue weighted by molar-refractivity contribution is 6.33. The van der Waals surface area contributed by atoms with Crippen molar-refractivity contribution in [1.29, 1.82) is 0 Å². The molecule has 1 atom stereocenters. The molecule has 0 spiro atoms. The van der Waals surface area contributed by atoms with Crippen LogP contribution in [0.15, 0.2) is 42.5 Å². The van der Waals surface area contributed by atoms with Gasteiger partial charge in [0.2, 0.25) is 0 Å². The number of esters is 1. The minimum atomic E-state index is -1.08. The van der Waals surface area contributed by atoms with Gasteiger partial charge < -0.3 is 19.5 Å². The molecule has 1 amide bonds. The SMILES string of the molecule is COc1ccc(/C=C/C(=O)O[C@H](C)C(=O)Nc2ccc(F)cc2Cl)cc1OC. The lowest BCUT2D eigenvalue weighted by atomic mass is 10.2. The summed E-state index contributed by atoms with van der Waals surface area (Å²) in [6.07, 6.45) is 1.63. The molecule has 0 unspecified atom stereocenters. The zero-order valence-electron chi connectivity index (χ0n) is 15.5. The van der Waals surface area contributed by atoms with Gasteiger partial charge in [-0.05, 0) is 48.9 Å². The number of nitrogens with one attached hydrogen (secondary N) is 1. The third-order valence-corrected chi connectivity index (χ3v) is 3.98. The molecule has 0 aliphatic heterocycles. The molecule has 2 aromatic carbocycles. The first-order chi connectivity index (χ1) is 13.3. The summed E-state index contributed by atoms with van der Waals surface area (Å²) in [4.78, 5) is 24.1. The molecule has 0 bridgehead atoms. The van der Waals surface area contributed by atoms with Gasteiger partial charge in [0, 0.05) is 6.08 Å². The lowest BCUT2D eigenvalue weighted by molar-refractivity contribution is -0.148. The highest BCUT2D eigenvalue weighted by Gasteiger charge is 2.18. The maximum Gasteiger partial charge on any atom is 0.331 e. The largest absolute Gasteiger partial charge is 0.493 e. The summed E-state index contributed by atoms with van der Waals surface area (Å²) in [5.74, 6) is -0.749. The number of carbonyl (C=O) groups excluding carboxylic acids is 2. The van der Waals surface area contributed by atoms with Crippen LogP contribution in [0.25, 0.3) is 6.08 Å². The highest BCUT2D eigenvalue weighted by atomic mass is 35.5. The number of halogens is 2. The van der Waals surface area contributed by atoms with E-state index in [0.717, 1.165) is 12.1 Å². The van der Waals surface area contributed by atoms with Crippen molar-refractivity contribution in [3.05, 3.63) is 58.9 Å². The quantitative estimate of drug-likeness (QED) is 0.553. The van der Waals surface area contributed by atoms with Gasteiger partial charge in [-0.3, -0.25) is 4.79 Å². The van der Waals surface area contributed by atoms with E-state index in [1.807, 2.05) is 0 Å². The number of anilines is 1. The first kappa shape index (κ1) is 21.2. The molecule has 0 aliphatic rings. The molecule has 2 rings (SSSR count). The Balaban J connectivity index is 1.96. The molecule has 148 valence electrons. The number of rotatable bonds is 7. The number of hydrogen-bond acceptors (Lipinski definition) is 5. The number of carbonyl (C=O) groups is 2. The van der Waals surface area contributed by atoms with Crippen LogP contribution in [0.5, 0.6) is 11.5 Å². The van der Waals surface area contributed by atoms with Crippen molar-refractivity contribution >= 4 is 35.2 Å². The Kier molecular flexibility index (Phi) is 7.40. The number of hydrogen-bond donors (Lipinski definition) is 1. The zero-order chi connectivity index (χ0) is 20.7. The van der Waals surface area contributed by atoms with Crippen molar-refractivity contribution in [2.45, 2.75) is 13.0 Å². The van der Waals surface area contributed by atoms with Crippen LogP contribution in [0.3, 0.4) is 0 Å². The van der Waals surface area contributed by atoms with E-state index in [0.29, 0.717) is 17.1 Å². The summed E-state index contributed by atoms with van der Waals surface area (Å²) >= 11 is 5.86. The van der Waals surface area contributed by atoms with Gasteiger partial charge in [0.15, 0.2) is 17.6 Å². The fourth-order valence-corrected chi connectivity index (χ4v) is 2.43. The molecule has 0 radical (unpaired) electrons. The average Bonchev–Trinajstić information content (AvgIpc) is 2.68. The molecule has 8 heteroatoms. The molecule has 1 N–H and O–H groups in total. The van der Waals surface area contributed by atoms with E-state index in [4.69, 9.17) is 25.8 Å². The van der Waals surface area contributed by atoms with E-state index in [9.17, 15) is 14.0 Å². The fourth-order valence-electron chi connectivity index (χ4n) is 2.21. The van der Waals surface area contributed by atoms with Crippen LogP contribution >= 0.6 is 11.6 Å². The molecule has 6 nitrogen and oxygen atoms in total. The van der Waals surface area contributed by atoms with Crippen LogP contribution in [-0.2, 0) is 14.3 Å². The maximum absolute atomic E-state index is 13.0. The second-order valence-electron chi connectivity index (χ2n) is 5.64. The van der Waals surface area contributed by atoms with E-state index in [2.05, 4.69) is 5.32 Å². The van der Waals surface area contributed by atoms with Crippen LogP contribution in [0.1, 0.15) is 12.5 Å². The van der Waals surface area contributed by atoms with Gasteiger partial charge in [0.25, 0.3) is 5.91 Å². The minimum absolute atomic E-state index is 0.0419. The molecule has 0 saturated carbocycles. The molecular formula is C20H19ClFNO5. The van der Waals surface area contributed by atoms with Crippen molar-refractivity contribution in [2.75, 3.05) is 19.5 Å². The van der Waals surface area contributed by atoms with Crippen molar-refractivity contribution < 1.29 is 28.2 Å². The Labute approximate surface area is 166 Å². The number of amides is 1. The van der Waals surface area contributed by atoms with Crippen LogP contribution in [0.2, 0.25) is 5.02 Å². The topological polar surface area (TPSA) is 73.9 Å². The van der Waals surface area contributed by atoms with Gasteiger partial charge in [0.05, 0.1) is 24.9 Å². The second-order valence-corrected chi connectivity index (χ2v) is 6.05. The molecule has 0 heterocycles. The standard InChI is InChI=1S/C20H19ClFNO5/c1-12(20(25)23-16-7-6-14(22)11-15(16)21)28-19(24)9-5-13-4-8-17(26-2)18(10-13)27-3/h4-12H,1-3H3,(H,23,25)/b9-5+/t12-/m1/s1. The Morgan fingerprint density at radius 1 is 1.11 bits per heavy atom. The smallest absolute Gasteiger partial charge is 0.331 e. The van der Waals surface area contributed by atoms with Crippen molar-refractivity contribution in [3.63, 3.8) is 0 Å².